The van der Waals surface area contributed by atoms with Crippen molar-refractivity contribution in [3.05, 3.63) is 76.5 Å². The Hall–Kier alpha value is -2.19. The summed E-state index contributed by atoms with van der Waals surface area (Å²) in [7, 11) is 0. The lowest BCUT2D eigenvalue weighted by atomic mass is 10.2. The van der Waals surface area contributed by atoms with E-state index in [2.05, 4.69) is 49.3 Å². The molecule has 0 N–H and O–H groups in total. The van der Waals surface area contributed by atoms with Gasteiger partial charge in [0.2, 0.25) is 0 Å². The Morgan fingerprint density at radius 2 is 1.74 bits per heavy atom. The highest BCUT2D eigenvalue weighted by Crippen LogP contribution is 2.32. The first kappa shape index (κ1) is 20.7. The predicted molar refractivity (Wildman–Crippen MR) is 128 cm³/mol. The second-order valence-electron chi connectivity index (χ2n) is 7.47. The average molecular weight is 468 g/mol. The number of aromatic nitrogens is 4. The number of nitrogens with zero attached hydrogens (tertiary/aromatic N) is 5. The molecule has 1 fully saturated rings. The topological polar surface area (TPSA) is 46.8 Å². The lowest BCUT2D eigenvalue weighted by Crippen LogP contribution is -2.21. The minimum atomic E-state index is 0.728. The van der Waals surface area contributed by atoms with E-state index in [1.807, 2.05) is 30.3 Å². The Kier molecular flexibility index (Phi) is 6.36. The van der Waals surface area contributed by atoms with Gasteiger partial charge in [-0.1, -0.05) is 59.8 Å². The summed E-state index contributed by atoms with van der Waals surface area (Å²) in [6.07, 6.45) is 2.53. The van der Waals surface area contributed by atoms with Crippen LogP contribution >= 0.6 is 34.7 Å². The summed E-state index contributed by atoms with van der Waals surface area (Å²) in [6, 6.07) is 18.2. The summed E-state index contributed by atoms with van der Waals surface area (Å²) < 4.78 is 2.18. The molecule has 8 heteroatoms. The van der Waals surface area contributed by atoms with Crippen LogP contribution in [0.15, 0.2) is 65.1 Å². The van der Waals surface area contributed by atoms with Crippen molar-refractivity contribution in [1.29, 1.82) is 0 Å². The van der Waals surface area contributed by atoms with E-state index < -0.39 is 0 Å². The normalized spacial score (nSPS) is 14.4. The molecular weight excluding hydrogens is 446 g/mol. The number of halogens is 1. The van der Waals surface area contributed by atoms with Crippen molar-refractivity contribution in [1.82, 2.24) is 24.6 Å². The van der Waals surface area contributed by atoms with E-state index in [4.69, 9.17) is 16.6 Å². The van der Waals surface area contributed by atoms with Crippen LogP contribution in [0, 0.1) is 0 Å². The minimum absolute atomic E-state index is 0.728. The van der Waals surface area contributed by atoms with Crippen molar-refractivity contribution < 1.29 is 0 Å². The summed E-state index contributed by atoms with van der Waals surface area (Å²) >= 11 is 9.63. The highest BCUT2D eigenvalue weighted by Gasteiger charge is 2.20. The third kappa shape index (κ3) is 4.70. The van der Waals surface area contributed by atoms with E-state index in [1.165, 1.54) is 12.8 Å². The summed E-state index contributed by atoms with van der Waals surface area (Å²) in [6.45, 7) is 3.09. The fourth-order valence-electron chi connectivity index (χ4n) is 3.74. The molecule has 0 bridgehead atoms. The minimum Gasteiger partial charge on any atom is -0.296 e. The maximum atomic E-state index is 6.34. The Balaban J connectivity index is 1.37. The van der Waals surface area contributed by atoms with Crippen LogP contribution in [-0.2, 0) is 12.3 Å². The van der Waals surface area contributed by atoms with Gasteiger partial charge in [-0.2, -0.15) is 0 Å². The summed E-state index contributed by atoms with van der Waals surface area (Å²) in [5.74, 6) is 1.72. The van der Waals surface area contributed by atoms with Gasteiger partial charge in [-0.3, -0.25) is 9.47 Å². The second-order valence-corrected chi connectivity index (χ2v) is 9.67. The molecular formula is C23H22ClN5S2. The first-order valence-corrected chi connectivity index (χ1v) is 12.6. The first-order valence-electron chi connectivity index (χ1n) is 10.3. The standard InChI is InChI=1S/C23H22ClN5S2/c24-20-11-5-4-10-19(20)22-25-17(15-30-22)16-31-23-27-26-21(14-28-12-6-7-13-28)29(23)18-8-2-1-3-9-18/h1-5,8-11,15H,6-7,12-14,16H2. The lowest BCUT2D eigenvalue weighted by Gasteiger charge is -2.15. The molecule has 31 heavy (non-hydrogen) atoms. The van der Waals surface area contributed by atoms with Gasteiger partial charge < -0.3 is 0 Å². The van der Waals surface area contributed by atoms with Gasteiger partial charge in [0.05, 0.1) is 17.3 Å². The van der Waals surface area contributed by atoms with Gasteiger partial charge in [-0.05, 0) is 44.1 Å². The molecule has 0 amide bonds. The maximum absolute atomic E-state index is 6.34. The molecule has 1 aliphatic rings. The van der Waals surface area contributed by atoms with Crippen molar-refractivity contribution in [3.8, 4) is 16.3 Å². The molecule has 0 unspecified atom stereocenters. The molecule has 0 aliphatic carbocycles. The molecule has 0 saturated carbocycles. The van der Waals surface area contributed by atoms with Crippen molar-refractivity contribution in [2.24, 2.45) is 0 Å². The molecule has 5 rings (SSSR count). The van der Waals surface area contributed by atoms with E-state index in [-0.39, 0.29) is 0 Å². The van der Waals surface area contributed by atoms with Gasteiger partial charge in [0, 0.05) is 22.4 Å². The molecule has 2 aromatic heterocycles. The number of benzene rings is 2. The molecule has 4 aromatic rings. The molecule has 3 heterocycles. The second kappa shape index (κ2) is 9.53. The summed E-state index contributed by atoms with van der Waals surface area (Å²) in [5, 5.41) is 13.7. The third-order valence-electron chi connectivity index (χ3n) is 5.28. The number of hydrogen-bond acceptors (Lipinski definition) is 6. The molecule has 0 radical (unpaired) electrons. The van der Waals surface area contributed by atoms with Gasteiger partial charge in [0.25, 0.3) is 0 Å². The average Bonchev–Trinajstić information content (AvgIpc) is 3.55. The summed E-state index contributed by atoms with van der Waals surface area (Å²) in [4.78, 5) is 7.25. The van der Waals surface area contributed by atoms with Crippen molar-refractivity contribution in [2.45, 2.75) is 30.3 Å². The fourth-order valence-corrected chi connectivity index (χ4v) is 5.85. The number of rotatable bonds is 7. The Labute approximate surface area is 195 Å². The van der Waals surface area contributed by atoms with Crippen molar-refractivity contribution in [3.63, 3.8) is 0 Å². The monoisotopic (exact) mass is 467 g/mol. The van der Waals surface area contributed by atoms with Gasteiger partial charge in [0.15, 0.2) is 11.0 Å². The van der Waals surface area contributed by atoms with Crippen molar-refractivity contribution in [2.75, 3.05) is 13.1 Å². The molecule has 2 aromatic carbocycles. The van der Waals surface area contributed by atoms with E-state index in [9.17, 15) is 0 Å². The van der Waals surface area contributed by atoms with Crippen LogP contribution in [-0.4, -0.2) is 37.7 Å². The van der Waals surface area contributed by atoms with Crippen LogP contribution in [0.2, 0.25) is 5.02 Å². The van der Waals surface area contributed by atoms with Crippen LogP contribution in [0.1, 0.15) is 24.4 Å². The number of thiazole rings is 1. The largest absolute Gasteiger partial charge is 0.296 e. The third-order valence-corrected chi connectivity index (χ3v) is 7.50. The fraction of sp³-hybridized carbons (Fsp3) is 0.261. The zero-order valence-corrected chi connectivity index (χ0v) is 19.3. The van der Waals surface area contributed by atoms with Gasteiger partial charge in [0.1, 0.15) is 5.01 Å². The molecule has 1 aliphatic heterocycles. The van der Waals surface area contributed by atoms with E-state index in [1.54, 1.807) is 23.1 Å². The number of para-hydroxylation sites is 1. The molecule has 0 spiro atoms. The van der Waals surface area contributed by atoms with Crippen LogP contribution in [0.25, 0.3) is 16.3 Å². The number of thioether (sulfide) groups is 1. The van der Waals surface area contributed by atoms with Crippen LogP contribution in [0.5, 0.6) is 0 Å². The van der Waals surface area contributed by atoms with Crippen LogP contribution < -0.4 is 0 Å². The number of likely N-dealkylation sites (tertiary alicyclic amines) is 1. The van der Waals surface area contributed by atoms with Gasteiger partial charge in [-0.15, -0.1) is 21.5 Å². The van der Waals surface area contributed by atoms with E-state index >= 15 is 0 Å². The molecule has 5 nitrogen and oxygen atoms in total. The van der Waals surface area contributed by atoms with E-state index in [0.29, 0.717) is 0 Å². The Bertz CT molecular complexity index is 1150. The predicted octanol–water partition coefficient (Wildman–Crippen LogP) is 5.93. The highest BCUT2D eigenvalue weighted by molar-refractivity contribution is 7.98. The van der Waals surface area contributed by atoms with Crippen LogP contribution in [0.3, 0.4) is 0 Å². The molecule has 158 valence electrons. The van der Waals surface area contributed by atoms with Crippen LogP contribution in [0.4, 0.5) is 0 Å². The van der Waals surface area contributed by atoms with Gasteiger partial charge >= 0.3 is 0 Å². The Morgan fingerprint density at radius 3 is 2.55 bits per heavy atom. The quantitative estimate of drug-likeness (QED) is 0.315. The first-order chi connectivity index (χ1) is 15.3. The Morgan fingerprint density at radius 1 is 0.968 bits per heavy atom. The van der Waals surface area contributed by atoms with Gasteiger partial charge in [-0.25, -0.2) is 4.98 Å². The zero-order chi connectivity index (χ0) is 21.0. The lowest BCUT2D eigenvalue weighted by molar-refractivity contribution is 0.319. The highest BCUT2D eigenvalue weighted by atomic mass is 35.5. The number of hydrogen-bond donors (Lipinski definition) is 0. The molecule has 1 saturated heterocycles. The SMILES string of the molecule is Clc1ccccc1-c1nc(CSc2nnc(CN3CCCC3)n2-c2ccccc2)cs1. The van der Waals surface area contributed by atoms with Crippen molar-refractivity contribution >= 4 is 34.7 Å². The maximum Gasteiger partial charge on any atom is 0.196 e. The van der Waals surface area contributed by atoms with E-state index in [0.717, 1.165) is 63.3 Å². The summed E-state index contributed by atoms with van der Waals surface area (Å²) in [5.41, 5.74) is 3.10. The zero-order valence-electron chi connectivity index (χ0n) is 16.9. The molecule has 0 atom stereocenters. The smallest absolute Gasteiger partial charge is 0.196 e.